The van der Waals surface area contributed by atoms with Gasteiger partial charge in [-0.05, 0) is 38.0 Å². The molecular weight excluding hydrogens is 372 g/mol. The van der Waals surface area contributed by atoms with Crippen LogP contribution in [0.25, 0.3) is 0 Å². The van der Waals surface area contributed by atoms with Gasteiger partial charge in [-0.3, -0.25) is 9.59 Å². The number of carbonyl (C=O) groups excluding carboxylic acids is 3. The van der Waals surface area contributed by atoms with E-state index in [1.807, 2.05) is 0 Å². The topological polar surface area (TPSA) is 93.7 Å². The standard InChI is InChI=1S/C19H23ClN2O5/c1-2-26-18(24)7-6-15(10-13-8-9-21-19(13)25)22-17(23)12-27-16-5-3-4-14(20)11-16/h3-7,11,13,15H,2,8-10,12H2,1H3,(H,21,25)(H,22,23)/t13-,15+/m0/s1. The first-order valence-electron chi connectivity index (χ1n) is 8.78. The third-order valence-electron chi connectivity index (χ3n) is 3.96. The molecule has 2 amide bonds. The number of rotatable bonds is 9. The van der Waals surface area contributed by atoms with Crippen molar-refractivity contribution in [2.75, 3.05) is 19.8 Å². The van der Waals surface area contributed by atoms with Crippen molar-refractivity contribution in [3.8, 4) is 5.75 Å². The molecule has 1 aliphatic rings. The minimum Gasteiger partial charge on any atom is -0.484 e. The van der Waals surface area contributed by atoms with E-state index in [1.165, 1.54) is 6.08 Å². The summed E-state index contributed by atoms with van der Waals surface area (Å²) in [4.78, 5) is 35.6. The Morgan fingerprint density at radius 3 is 2.93 bits per heavy atom. The predicted octanol–water partition coefficient (Wildman–Crippen LogP) is 1.85. The smallest absolute Gasteiger partial charge is 0.330 e. The Balaban J connectivity index is 1.93. The van der Waals surface area contributed by atoms with Crippen molar-refractivity contribution in [1.82, 2.24) is 10.6 Å². The average Bonchev–Trinajstić information content (AvgIpc) is 3.03. The average molecular weight is 395 g/mol. The van der Waals surface area contributed by atoms with Gasteiger partial charge in [-0.15, -0.1) is 0 Å². The molecule has 0 saturated carbocycles. The summed E-state index contributed by atoms with van der Waals surface area (Å²) in [6.45, 7) is 2.38. The van der Waals surface area contributed by atoms with Crippen LogP contribution >= 0.6 is 11.6 Å². The summed E-state index contributed by atoms with van der Waals surface area (Å²) in [5, 5.41) is 6.05. The molecule has 7 nitrogen and oxygen atoms in total. The van der Waals surface area contributed by atoms with Crippen molar-refractivity contribution in [3.05, 3.63) is 41.4 Å². The number of amides is 2. The summed E-state index contributed by atoms with van der Waals surface area (Å²) in [7, 11) is 0. The lowest BCUT2D eigenvalue weighted by molar-refractivity contribution is -0.137. The Morgan fingerprint density at radius 1 is 1.44 bits per heavy atom. The molecule has 2 atom stereocenters. The first-order chi connectivity index (χ1) is 13.0. The van der Waals surface area contributed by atoms with Gasteiger partial charge in [0.2, 0.25) is 5.91 Å². The lowest BCUT2D eigenvalue weighted by Gasteiger charge is -2.18. The van der Waals surface area contributed by atoms with Gasteiger partial charge >= 0.3 is 5.97 Å². The molecule has 2 N–H and O–H groups in total. The van der Waals surface area contributed by atoms with Crippen molar-refractivity contribution in [1.29, 1.82) is 0 Å². The maximum absolute atomic E-state index is 12.2. The molecule has 1 saturated heterocycles. The van der Waals surface area contributed by atoms with Gasteiger partial charge in [0.1, 0.15) is 5.75 Å². The van der Waals surface area contributed by atoms with Crippen LogP contribution < -0.4 is 15.4 Å². The second-order valence-corrected chi connectivity index (χ2v) is 6.48. The van der Waals surface area contributed by atoms with E-state index in [1.54, 1.807) is 37.3 Å². The highest BCUT2D eigenvalue weighted by Crippen LogP contribution is 2.18. The Kier molecular flexibility index (Phi) is 8.13. The van der Waals surface area contributed by atoms with Gasteiger partial charge in [0.15, 0.2) is 6.61 Å². The molecule has 146 valence electrons. The molecule has 0 radical (unpaired) electrons. The Labute approximate surface area is 163 Å². The van der Waals surface area contributed by atoms with Crippen molar-refractivity contribution in [2.45, 2.75) is 25.8 Å². The van der Waals surface area contributed by atoms with E-state index in [0.717, 1.165) is 0 Å². The lowest BCUT2D eigenvalue weighted by Crippen LogP contribution is -2.39. The van der Waals surface area contributed by atoms with Crippen LogP contribution in [0.1, 0.15) is 19.8 Å². The summed E-state index contributed by atoms with van der Waals surface area (Å²) >= 11 is 5.88. The van der Waals surface area contributed by atoms with Crippen LogP contribution in [0, 0.1) is 5.92 Å². The van der Waals surface area contributed by atoms with E-state index in [2.05, 4.69) is 10.6 Å². The van der Waals surface area contributed by atoms with Gasteiger partial charge in [0.25, 0.3) is 5.91 Å². The normalized spacial score (nSPS) is 17.4. The van der Waals surface area contributed by atoms with Crippen LogP contribution in [-0.4, -0.2) is 43.6 Å². The highest BCUT2D eigenvalue weighted by molar-refractivity contribution is 6.30. The summed E-state index contributed by atoms with van der Waals surface area (Å²) in [6, 6.07) is 6.24. The van der Waals surface area contributed by atoms with E-state index < -0.39 is 12.0 Å². The lowest BCUT2D eigenvalue weighted by atomic mass is 9.98. The van der Waals surface area contributed by atoms with E-state index >= 15 is 0 Å². The first kappa shape index (κ1) is 20.8. The van der Waals surface area contributed by atoms with Crippen LogP contribution in [0.15, 0.2) is 36.4 Å². The SMILES string of the molecule is CCOC(=O)C=C[C@H](C[C@@H]1CCNC1=O)NC(=O)COc1cccc(Cl)c1. The van der Waals surface area contributed by atoms with Crippen LogP contribution in [0.5, 0.6) is 5.75 Å². The number of hydrogen-bond acceptors (Lipinski definition) is 5. The van der Waals surface area contributed by atoms with Gasteiger partial charge in [-0.25, -0.2) is 4.79 Å². The van der Waals surface area contributed by atoms with Crippen molar-refractivity contribution in [3.63, 3.8) is 0 Å². The minimum absolute atomic E-state index is 0.0473. The third kappa shape index (κ3) is 7.30. The second-order valence-electron chi connectivity index (χ2n) is 6.04. The summed E-state index contributed by atoms with van der Waals surface area (Å²) in [5.41, 5.74) is 0. The van der Waals surface area contributed by atoms with Gasteiger partial charge in [0.05, 0.1) is 6.61 Å². The number of hydrogen-bond donors (Lipinski definition) is 2. The summed E-state index contributed by atoms with van der Waals surface area (Å²) in [5.74, 6) is -0.647. The molecule has 2 rings (SSSR count). The first-order valence-corrected chi connectivity index (χ1v) is 9.16. The van der Waals surface area contributed by atoms with E-state index in [9.17, 15) is 14.4 Å². The molecule has 1 aliphatic heterocycles. The molecular formula is C19H23ClN2O5. The van der Waals surface area contributed by atoms with E-state index in [0.29, 0.717) is 30.2 Å². The third-order valence-corrected chi connectivity index (χ3v) is 4.20. The highest BCUT2D eigenvalue weighted by atomic mass is 35.5. The summed E-state index contributed by atoms with van der Waals surface area (Å²) < 4.78 is 10.3. The van der Waals surface area contributed by atoms with Crippen molar-refractivity contribution >= 4 is 29.4 Å². The number of esters is 1. The number of halogens is 1. The van der Waals surface area contributed by atoms with Crippen LogP contribution in [0.4, 0.5) is 0 Å². The Morgan fingerprint density at radius 2 is 2.26 bits per heavy atom. The minimum atomic E-state index is -0.497. The number of nitrogens with one attached hydrogen (secondary N) is 2. The van der Waals surface area contributed by atoms with E-state index in [-0.39, 0.29) is 30.9 Å². The van der Waals surface area contributed by atoms with Gasteiger partial charge < -0.3 is 20.1 Å². The molecule has 27 heavy (non-hydrogen) atoms. The fraction of sp³-hybridized carbons (Fsp3) is 0.421. The fourth-order valence-corrected chi connectivity index (χ4v) is 2.88. The quantitative estimate of drug-likeness (QED) is 0.492. The fourth-order valence-electron chi connectivity index (χ4n) is 2.70. The van der Waals surface area contributed by atoms with Crippen LogP contribution in [-0.2, 0) is 19.1 Å². The molecule has 0 unspecified atom stereocenters. The Hall–Kier alpha value is -2.54. The maximum Gasteiger partial charge on any atom is 0.330 e. The summed E-state index contributed by atoms with van der Waals surface area (Å²) in [6.07, 6.45) is 3.89. The Bertz CT molecular complexity index is 707. The zero-order chi connectivity index (χ0) is 19.6. The maximum atomic E-state index is 12.2. The number of benzene rings is 1. The van der Waals surface area contributed by atoms with E-state index in [4.69, 9.17) is 21.1 Å². The molecule has 0 spiro atoms. The van der Waals surface area contributed by atoms with Gasteiger partial charge in [-0.2, -0.15) is 0 Å². The molecule has 0 bridgehead atoms. The van der Waals surface area contributed by atoms with Gasteiger partial charge in [0, 0.05) is 29.6 Å². The zero-order valence-electron chi connectivity index (χ0n) is 15.1. The van der Waals surface area contributed by atoms with Crippen LogP contribution in [0.3, 0.4) is 0 Å². The molecule has 1 aromatic rings. The van der Waals surface area contributed by atoms with Crippen LogP contribution in [0.2, 0.25) is 5.02 Å². The largest absolute Gasteiger partial charge is 0.484 e. The predicted molar refractivity (Wildman–Crippen MR) is 100 cm³/mol. The monoisotopic (exact) mass is 394 g/mol. The number of carbonyl (C=O) groups is 3. The molecule has 1 aromatic carbocycles. The molecule has 8 heteroatoms. The number of ether oxygens (including phenoxy) is 2. The van der Waals surface area contributed by atoms with Gasteiger partial charge in [-0.1, -0.05) is 23.7 Å². The molecule has 1 fully saturated rings. The molecule has 0 aromatic heterocycles. The molecule has 1 heterocycles. The molecule has 0 aliphatic carbocycles. The zero-order valence-corrected chi connectivity index (χ0v) is 15.8. The second kappa shape index (κ2) is 10.6. The van der Waals surface area contributed by atoms with Crippen molar-refractivity contribution in [2.24, 2.45) is 5.92 Å². The highest BCUT2D eigenvalue weighted by Gasteiger charge is 2.27. The van der Waals surface area contributed by atoms with Crippen molar-refractivity contribution < 1.29 is 23.9 Å².